The fraction of sp³-hybridized carbons (Fsp3) is 0.143. The van der Waals surface area contributed by atoms with Gasteiger partial charge in [-0.1, -0.05) is 35.1 Å². The molecule has 2 aromatic rings. The molecule has 0 fully saturated rings. The fourth-order valence-electron chi connectivity index (χ4n) is 1.52. The Morgan fingerprint density at radius 3 is 3.05 bits per heavy atom. The summed E-state index contributed by atoms with van der Waals surface area (Å²) in [6, 6.07) is 5.03. The second-order valence-corrected chi connectivity index (χ2v) is 5.44. The van der Waals surface area contributed by atoms with Gasteiger partial charge in [-0.2, -0.15) is 5.26 Å². The van der Waals surface area contributed by atoms with E-state index in [4.69, 9.17) is 16.9 Å². The van der Waals surface area contributed by atoms with Gasteiger partial charge in [0.2, 0.25) is 0 Å². The summed E-state index contributed by atoms with van der Waals surface area (Å²) in [4.78, 5) is 20.7. The molecule has 0 aliphatic rings. The maximum Gasteiger partial charge on any atom is 0.321 e. The number of nitriles is 1. The number of urea groups is 1. The van der Waals surface area contributed by atoms with Crippen LogP contribution in [0.25, 0.3) is 10.3 Å². The minimum Gasteiger partial charge on any atom is -0.334 e. The molecule has 2 heterocycles. The van der Waals surface area contributed by atoms with Crippen LogP contribution in [0.2, 0.25) is 5.15 Å². The maximum absolute atomic E-state index is 11.7. The Bertz CT molecular complexity index is 790. The van der Waals surface area contributed by atoms with Gasteiger partial charge in [-0.15, -0.1) is 0 Å². The highest BCUT2D eigenvalue weighted by Gasteiger charge is 2.08. The molecular weight excluding hydrogens is 322 g/mol. The van der Waals surface area contributed by atoms with Gasteiger partial charge in [0.05, 0.1) is 6.07 Å². The van der Waals surface area contributed by atoms with Gasteiger partial charge in [0.1, 0.15) is 15.5 Å². The third kappa shape index (κ3) is 4.28. The fourth-order valence-corrected chi connectivity index (χ4v) is 2.56. The van der Waals surface area contributed by atoms with E-state index in [2.05, 4.69) is 20.6 Å². The zero-order chi connectivity index (χ0) is 15.9. The minimum absolute atomic E-state index is 0.305. The Hall–Kier alpha value is -2.43. The van der Waals surface area contributed by atoms with Crippen LogP contribution in [-0.2, 0) is 0 Å². The highest BCUT2D eigenvalue weighted by Crippen LogP contribution is 2.25. The van der Waals surface area contributed by atoms with Crippen LogP contribution in [0.4, 0.5) is 9.93 Å². The van der Waals surface area contributed by atoms with Crippen LogP contribution in [0.3, 0.4) is 0 Å². The lowest BCUT2D eigenvalue weighted by Crippen LogP contribution is -2.28. The molecule has 0 aliphatic heterocycles. The van der Waals surface area contributed by atoms with E-state index in [-0.39, 0.29) is 6.03 Å². The lowest BCUT2D eigenvalue weighted by molar-refractivity contribution is 0.253. The molecule has 0 saturated carbocycles. The van der Waals surface area contributed by atoms with Crippen LogP contribution in [0.5, 0.6) is 0 Å². The Morgan fingerprint density at radius 2 is 2.32 bits per heavy atom. The molecule has 22 heavy (non-hydrogen) atoms. The van der Waals surface area contributed by atoms with Gasteiger partial charge in [0.25, 0.3) is 0 Å². The third-order valence-corrected chi connectivity index (χ3v) is 3.65. The van der Waals surface area contributed by atoms with Gasteiger partial charge in [0, 0.05) is 12.1 Å². The van der Waals surface area contributed by atoms with Crippen molar-refractivity contribution in [1.82, 2.24) is 15.3 Å². The summed E-state index contributed by atoms with van der Waals surface area (Å²) >= 11 is 7.04. The number of nitrogens with zero attached hydrogens (tertiary/aromatic N) is 3. The van der Waals surface area contributed by atoms with Crippen molar-refractivity contribution < 1.29 is 4.79 Å². The van der Waals surface area contributed by atoms with E-state index in [9.17, 15) is 4.79 Å². The van der Waals surface area contributed by atoms with Gasteiger partial charge in [-0.05, 0) is 25.1 Å². The Labute approximate surface area is 136 Å². The van der Waals surface area contributed by atoms with Crippen molar-refractivity contribution in [3.05, 3.63) is 41.1 Å². The second kappa shape index (κ2) is 7.54. The lowest BCUT2D eigenvalue weighted by Gasteiger charge is -2.01. The van der Waals surface area contributed by atoms with Crippen molar-refractivity contribution >= 4 is 44.4 Å². The minimum atomic E-state index is -0.381. The molecule has 0 unspecified atom stereocenters. The summed E-state index contributed by atoms with van der Waals surface area (Å²) in [5.41, 5.74) is 1.22. The predicted octanol–water partition coefficient (Wildman–Crippen LogP) is 3.49. The van der Waals surface area contributed by atoms with Crippen LogP contribution in [-0.4, -0.2) is 22.5 Å². The van der Waals surface area contributed by atoms with E-state index in [1.807, 2.05) is 6.07 Å². The largest absolute Gasteiger partial charge is 0.334 e. The number of carbonyl (C=O) groups is 1. The van der Waals surface area contributed by atoms with Gasteiger partial charge in [-0.25, -0.2) is 14.8 Å². The van der Waals surface area contributed by atoms with Gasteiger partial charge in [-0.3, -0.25) is 5.32 Å². The van der Waals surface area contributed by atoms with Crippen molar-refractivity contribution in [3.8, 4) is 6.07 Å². The molecular formula is C14H12ClN5OS. The highest BCUT2D eigenvalue weighted by atomic mass is 35.5. The molecule has 0 aromatic carbocycles. The van der Waals surface area contributed by atoms with Gasteiger partial charge < -0.3 is 5.32 Å². The van der Waals surface area contributed by atoms with Crippen LogP contribution < -0.4 is 10.6 Å². The number of hydrogen-bond acceptors (Lipinski definition) is 5. The zero-order valence-electron chi connectivity index (χ0n) is 11.6. The average molecular weight is 334 g/mol. The highest BCUT2D eigenvalue weighted by molar-refractivity contribution is 7.22. The predicted molar refractivity (Wildman–Crippen MR) is 88.0 cm³/mol. The first kappa shape index (κ1) is 15.9. The van der Waals surface area contributed by atoms with Gasteiger partial charge in [0.15, 0.2) is 5.13 Å². The number of allylic oxidation sites excluding steroid dienone is 3. The summed E-state index contributed by atoms with van der Waals surface area (Å²) in [6.45, 7) is 2.08. The summed E-state index contributed by atoms with van der Waals surface area (Å²) in [7, 11) is 0. The van der Waals surface area contributed by atoms with Crippen LogP contribution in [0.1, 0.15) is 6.92 Å². The molecule has 0 atom stereocenters. The molecule has 0 aliphatic carbocycles. The van der Waals surface area contributed by atoms with Crippen LogP contribution in [0.15, 0.2) is 35.9 Å². The smallest absolute Gasteiger partial charge is 0.321 e. The Morgan fingerprint density at radius 1 is 1.50 bits per heavy atom. The lowest BCUT2D eigenvalue weighted by atomic mass is 10.2. The number of thiazole rings is 1. The van der Waals surface area contributed by atoms with Crippen molar-refractivity contribution in [2.45, 2.75) is 6.92 Å². The number of amides is 2. The molecule has 0 bridgehead atoms. The van der Waals surface area contributed by atoms with Crippen LogP contribution in [0, 0.1) is 11.3 Å². The quantitative estimate of drug-likeness (QED) is 0.509. The van der Waals surface area contributed by atoms with Crippen molar-refractivity contribution in [1.29, 1.82) is 5.26 Å². The number of aromatic nitrogens is 2. The first-order chi connectivity index (χ1) is 10.6. The summed E-state index contributed by atoms with van der Waals surface area (Å²) in [5, 5.41) is 14.8. The number of nitrogens with one attached hydrogen (secondary N) is 2. The molecule has 0 saturated heterocycles. The molecule has 8 heteroatoms. The number of carbonyl (C=O) groups excluding carboxylic acids is 1. The Balaban J connectivity index is 1.90. The van der Waals surface area contributed by atoms with E-state index in [1.165, 1.54) is 11.3 Å². The SMILES string of the molecule is C/C=C(C#N)\C=C/CNC(=O)Nc1nc2ccc(Cl)nc2s1. The molecule has 2 aromatic heterocycles. The van der Waals surface area contributed by atoms with E-state index in [0.29, 0.717) is 32.7 Å². The van der Waals surface area contributed by atoms with E-state index >= 15 is 0 Å². The number of pyridine rings is 1. The standard InChI is InChI=1S/C14H12ClN5OS/c1-2-9(8-16)4-3-7-17-13(21)20-14-18-10-5-6-11(15)19-12(10)22-14/h2-6H,7H2,1H3,(H2,17,18,20,21)/b4-3-,9-2+. The maximum atomic E-state index is 11.7. The Kier molecular flexibility index (Phi) is 5.47. The number of halogens is 1. The summed E-state index contributed by atoms with van der Waals surface area (Å²) in [6.07, 6.45) is 5.03. The van der Waals surface area contributed by atoms with Gasteiger partial charge >= 0.3 is 6.03 Å². The molecule has 112 valence electrons. The van der Waals surface area contributed by atoms with E-state index in [0.717, 1.165) is 0 Å². The monoisotopic (exact) mass is 333 g/mol. The zero-order valence-corrected chi connectivity index (χ0v) is 13.2. The van der Waals surface area contributed by atoms with E-state index < -0.39 is 0 Å². The molecule has 6 nitrogen and oxygen atoms in total. The first-order valence-electron chi connectivity index (χ1n) is 6.33. The average Bonchev–Trinajstić information content (AvgIpc) is 2.88. The normalized spacial score (nSPS) is 11.6. The molecule has 2 amide bonds. The van der Waals surface area contributed by atoms with Crippen LogP contribution >= 0.6 is 22.9 Å². The summed E-state index contributed by atoms with van der Waals surface area (Å²) < 4.78 is 0. The second-order valence-electron chi connectivity index (χ2n) is 4.07. The van der Waals surface area contributed by atoms with Crippen molar-refractivity contribution in [2.24, 2.45) is 0 Å². The topological polar surface area (TPSA) is 90.7 Å². The third-order valence-electron chi connectivity index (χ3n) is 2.56. The molecule has 0 radical (unpaired) electrons. The number of rotatable bonds is 4. The molecule has 2 rings (SSSR count). The number of anilines is 1. The first-order valence-corrected chi connectivity index (χ1v) is 7.52. The molecule has 0 spiro atoms. The summed E-state index contributed by atoms with van der Waals surface area (Å²) in [5.74, 6) is 0. The van der Waals surface area contributed by atoms with Crippen molar-refractivity contribution in [2.75, 3.05) is 11.9 Å². The molecule has 2 N–H and O–H groups in total. The van der Waals surface area contributed by atoms with E-state index in [1.54, 1.807) is 37.3 Å². The number of hydrogen-bond donors (Lipinski definition) is 2. The number of fused-ring (bicyclic) bond motifs is 1. The van der Waals surface area contributed by atoms with Crippen molar-refractivity contribution in [3.63, 3.8) is 0 Å².